The van der Waals surface area contributed by atoms with Gasteiger partial charge in [-0.3, -0.25) is 9.10 Å². The Morgan fingerprint density at radius 2 is 1.71 bits per heavy atom. The summed E-state index contributed by atoms with van der Waals surface area (Å²) >= 11 is 6.05. The smallest absolute Gasteiger partial charge is 0.264 e. The molecule has 0 fully saturated rings. The first kappa shape index (κ1) is 22.7. The number of rotatable bonds is 9. The van der Waals surface area contributed by atoms with Crippen LogP contribution in [0.5, 0.6) is 5.75 Å². The average Bonchev–Trinajstić information content (AvgIpc) is 2.77. The van der Waals surface area contributed by atoms with E-state index >= 15 is 0 Å². The summed E-state index contributed by atoms with van der Waals surface area (Å²) in [6.45, 7) is 2.10. The van der Waals surface area contributed by atoms with Crippen LogP contribution >= 0.6 is 11.6 Å². The van der Waals surface area contributed by atoms with Gasteiger partial charge in [-0.25, -0.2) is 8.42 Å². The predicted molar refractivity (Wildman–Crippen MR) is 122 cm³/mol. The van der Waals surface area contributed by atoms with E-state index in [9.17, 15) is 13.2 Å². The number of ether oxygens (including phenoxy) is 1. The summed E-state index contributed by atoms with van der Waals surface area (Å²) < 4.78 is 33.0. The first-order chi connectivity index (χ1) is 14.9. The molecule has 0 heterocycles. The van der Waals surface area contributed by atoms with Crippen molar-refractivity contribution in [1.29, 1.82) is 0 Å². The third-order valence-corrected chi connectivity index (χ3v) is 6.45. The van der Waals surface area contributed by atoms with E-state index in [-0.39, 0.29) is 24.6 Å². The van der Waals surface area contributed by atoms with Gasteiger partial charge in [-0.15, -0.1) is 0 Å². The maximum absolute atomic E-state index is 13.2. The van der Waals surface area contributed by atoms with Crippen molar-refractivity contribution < 1.29 is 17.9 Å². The minimum Gasteiger partial charge on any atom is -0.492 e. The van der Waals surface area contributed by atoms with Crippen molar-refractivity contribution in [3.63, 3.8) is 0 Å². The van der Waals surface area contributed by atoms with Crippen LogP contribution < -0.4 is 14.4 Å². The lowest BCUT2D eigenvalue weighted by Crippen LogP contribution is -2.41. The number of anilines is 1. The van der Waals surface area contributed by atoms with E-state index in [4.69, 9.17) is 16.3 Å². The molecular weight excluding hydrogens is 436 g/mol. The lowest BCUT2D eigenvalue weighted by Gasteiger charge is -2.24. The molecule has 0 saturated carbocycles. The molecule has 0 aliphatic heterocycles. The molecule has 6 nitrogen and oxygen atoms in total. The number of benzene rings is 3. The number of amides is 1. The fourth-order valence-electron chi connectivity index (χ4n) is 2.85. The molecule has 31 heavy (non-hydrogen) atoms. The molecule has 0 radical (unpaired) electrons. The van der Waals surface area contributed by atoms with Crippen molar-refractivity contribution in [1.82, 2.24) is 5.32 Å². The van der Waals surface area contributed by atoms with Gasteiger partial charge in [0.05, 0.1) is 17.1 Å². The van der Waals surface area contributed by atoms with E-state index in [0.29, 0.717) is 16.5 Å². The molecule has 0 spiro atoms. The van der Waals surface area contributed by atoms with Gasteiger partial charge in [0.2, 0.25) is 5.91 Å². The molecule has 1 N–H and O–H groups in total. The van der Waals surface area contributed by atoms with E-state index in [1.165, 1.54) is 18.2 Å². The van der Waals surface area contributed by atoms with Crippen molar-refractivity contribution in [2.45, 2.75) is 11.8 Å². The van der Waals surface area contributed by atoms with Crippen molar-refractivity contribution in [2.24, 2.45) is 0 Å². The van der Waals surface area contributed by atoms with Gasteiger partial charge in [-0.2, -0.15) is 0 Å². The van der Waals surface area contributed by atoms with Crippen LogP contribution in [0.15, 0.2) is 83.8 Å². The molecule has 0 aliphatic rings. The molecule has 0 aliphatic carbocycles. The zero-order valence-electron chi connectivity index (χ0n) is 17.0. The van der Waals surface area contributed by atoms with Crippen LogP contribution in [0.1, 0.15) is 5.56 Å². The third-order valence-electron chi connectivity index (χ3n) is 4.43. The largest absolute Gasteiger partial charge is 0.492 e. The number of aryl methyl sites for hydroxylation is 1. The molecule has 3 rings (SSSR count). The first-order valence-electron chi connectivity index (χ1n) is 9.66. The molecule has 0 bridgehead atoms. The number of nitrogens with one attached hydrogen (secondary N) is 1. The Morgan fingerprint density at radius 1 is 1.00 bits per heavy atom. The van der Waals surface area contributed by atoms with Gasteiger partial charge in [0.25, 0.3) is 10.0 Å². The van der Waals surface area contributed by atoms with Gasteiger partial charge in [0, 0.05) is 5.02 Å². The van der Waals surface area contributed by atoms with Gasteiger partial charge in [-0.1, -0.05) is 53.6 Å². The molecule has 3 aromatic rings. The SMILES string of the molecule is Cc1ccc(OCCNC(=O)CN(c2cccc(Cl)c2)S(=O)(=O)c2ccccc2)cc1. The molecule has 0 aromatic heterocycles. The highest BCUT2D eigenvalue weighted by atomic mass is 35.5. The summed E-state index contributed by atoms with van der Waals surface area (Å²) in [7, 11) is -3.96. The van der Waals surface area contributed by atoms with Crippen LogP contribution in [0.25, 0.3) is 0 Å². The maximum atomic E-state index is 13.2. The minimum atomic E-state index is -3.96. The maximum Gasteiger partial charge on any atom is 0.264 e. The Hall–Kier alpha value is -3.03. The van der Waals surface area contributed by atoms with Crippen molar-refractivity contribution >= 4 is 33.2 Å². The zero-order chi connectivity index (χ0) is 22.3. The van der Waals surface area contributed by atoms with E-state index in [1.54, 1.807) is 36.4 Å². The summed E-state index contributed by atoms with van der Waals surface area (Å²) in [5, 5.41) is 3.07. The minimum absolute atomic E-state index is 0.0884. The molecule has 0 saturated heterocycles. The second kappa shape index (κ2) is 10.3. The molecule has 3 aromatic carbocycles. The number of nitrogens with zero attached hydrogens (tertiary/aromatic N) is 1. The molecular formula is C23H23ClN2O4S. The Bertz CT molecular complexity index is 1120. The van der Waals surface area contributed by atoms with Crippen LogP contribution in [0, 0.1) is 6.92 Å². The first-order valence-corrected chi connectivity index (χ1v) is 11.5. The van der Waals surface area contributed by atoms with Crippen LogP contribution in [-0.4, -0.2) is 34.0 Å². The van der Waals surface area contributed by atoms with Crippen LogP contribution in [-0.2, 0) is 14.8 Å². The van der Waals surface area contributed by atoms with Gasteiger partial charge in [0.15, 0.2) is 0 Å². The average molecular weight is 459 g/mol. The number of halogens is 1. The third kappa shape index (κ3) is 6.23. The Labute approximate surface area is 187 Å². The molecule has 162 valence electrons. The van der Waals surface area contributed by atoms with Crippen LogP contribution in [0.2, 0.25) is 5.02 Å². The number of hydrogen-bond donors (Lipinski definition) is 1. The van der Waals surface area contributed by atoms with Crippen molar-refractivity contribution in [2.75, 3.05) is 24.0 Å². The summed E-state index contributed by atoms with van der Waals surface area (Å²) in [6.07, 6.45) is 0. The summed E-state index contributed by atoms with van der Waals surface area (Å²) in [4.78, 5) is 12.6. The highest BCUT2D eigenvalue weighted by Gasteiger charge is 2.27. The van der Waals surface area contributed by atoms with Gasteiger partial charge >= 0.3 is 0 Å². The van der Waals surface area contributed by atoms with Crippen molar-refractivity contribution in [3.05, 3.63) is 89.4 Å². The summed E-state index contributed by atoms with van der Waals surface area (Å²) in [5.41, 5.74) is 1.43. The molecule has 0 unspecified atom stereocenters. The lowest BCUT2D eigenvalue weighted by atomic mass is 10.2. The second-order valence-corrected chi connectivity index (χ2v) is 9.11. The van der Waals surface area contributed by atoms with Crippen molar-refractivity contribution in [3.8, 4) is 5.75 Å². The Morgan fingerprint density at radius 3 is 2.39 bits per heavy atom. The number of carbonyl (C=O) groups excluding carboxylic acids is 1. The van der Waals surface area contributed by atoms with E-state index < -0.39 is 15.9 Å². The lowest BCUT2D eigenvalue weighted by molar-refractivity contribution is -0.119. The fourth-order valence-corrected chi connectivity index (χ4v) is 4.46. The van der Waals surface area contributed by atoms with Crippen LogP contribution in [0.4, 0.5) is 5.69 Å². The number of hydrogen-bond acceptors (Lipinski definition) is 4. The van der Waals surface area contributed by atoms with Gasteiger partial charge in [0.1, 0.15) is 18.9 Å². The quantitative estimate of drug-likeness (QED) is 0.491. The Balaban J connectivity index is 1.68. The monoisotopic (exact) mass is 458 g/mol. The Kier molecular flexibility index (Phi) is 7.55. The summed E-state index contributed by atoms with van der Waals surface area (Å²) in [5.74, 6) is 0.249. The highest BCUT2D eigenvalue weighted by molar-refractivity contribution is 7.92. The molecule has 0 atom stereocenters. The highest BCUT2D eigenvalue weighted by Crippen LogP contribution is 2.25. The van der Waals surface area contributed by atoms with E-state index in [1.807, 2.05) is 31.2 Å². The zero-order valence-corrected chi connectivity index (χ0v) is 18.6. The van der Waals surface area contributed by atoms with E-state index in [0.717, 1.165) is 9.87 Å². The van der Waals surface area contributed by atoms with Gasteiger partial charge in [-0.05, 0) is 49.4 Å². The van der Waals surface area contributed by atoms with E-state index in [2.05, 4.69) is 5.32 Å². The number of sulfonamides is 1. The summed E-state index contributed by atoms with van der Waals surface area (Å²) in [6, 6.07) is 21.9. The molecule has 1 amide bonds. The fraction of sp³-hybridized carbons (Fsp3) is 0.174. The number of carbonyl (C=O) groups is 1. The second-order valence-electron chi connectivity index (χ2n) is 6.82. The normalized spacial score (nSPS) is 11.0. The molecule has 8 heteroatoms. The predicted octanol–water partition coefficient (Wildman–Crippen LogP) is 4.04. The van der Waals surface area contributed by atoms with Gasteiger partial charge < -0.3 is 10.1 Å². The van der Waals surface area contributed by atoms with Crippen LogP contribution in [0.3, 0.4) is 0 Å². The topological polar surface area (TPSA) is 75.7 Å². The standard InChI is InChI=1S/C23H23ClN2O4S/c1-18-10-12-21(13-11-18)30-15-14-25-23(27)17-26(20-7-5-6-19(24)16-20)31(28,29)22-8-3-2-4-9-22/h2-13,16H,14-15,17H2,1H3,(H,25,27).